The molecule has 0 radical (unpaired) electrons. The summed E-state index contributed by atoms with van der Waals surface area (Å²) in [5, 5.41) is 7.70. The topological polar surface area (TPSA) is 52.0 Å². The molecule has 2 aromatic rings. The zero-order valence-corrected chi connectivity index (χ0v) is 12.3. The molecule has 2 rings (SSSR count). The number of nitrogens with zero attached hydrogens (tertiary/aromatic N) is 3. The standard InChI is InChI=1S/C15H22N4O/c1-4-9-19-15(17-11-18-19)10-16-12(2)13-7-5-6-8-14(13)20-3/h5-8,11-12,16H,4,9-10H2,1-3H3/t12-/m0/s1. The molecule has 0 fully saturated rings. The zero-order chi connectivity index (χ0) is 14.4. The van der Waals surface area contributed by atoms with Crippen LogP contribution in [0, 0.1) is 0 Å². The second kappa shape index (κ2) is 7.05. The predicted octanol–water partition coefficient (Wildman–Crippen LogP) is 2.55. The fourth-order valence-electron chi connectivity index (χ4n) is 2.20. The van der Waals surface area contributed by atoms with Gasteiger partial charge in [-0.1, -0.05) is 25.1 Å². The number of ether oxygens (including phenoxy) is 1. The first-order chi connectivity index (χ1) is 9.76. The van der Waals surface area contributed by atoms with Gasteiger partial charge in [0.2, 0.25) is 0 Å². The van der Waals surface area contributed by atoms with Gasteiger partial charge in [0.15, 0.2) is 0 Å². The van der Waals surface area contributed by atoms with Gasteiger partial charge in [-0.3, -0.25) is 0 Å². The lowest BCUT2D eigenvalue weighted by molar-refractivity contribution is 0.400. The number of aryl methyl sites for hydroxylation is 1. The molecule has 5 heteroatoms. The van der Waals surface area contributed by atoms with E-state index in [0.29, 0.717) is 6.54 Å². The number of para-hydroxylation sites is 1. The second-order valence-corrected chi connectivity index (χ2v) is 4.74. The monoisotopic (exact) mass is 274 g/mol. The molecule has 1 N–H and O–H groups in total. The minimum atomic E-state index is 0.193. The number of benzene rings is 1. The molecule has 0 aliphatic heterocycles. The van der Waals surface area contributed by atoms with Crippen LogP contribution in [0.4, 0.5) is 0 Å². The van der Waals surface area contributed by atoms with E-state index in [1.807, 2.05) is 22.9 Å². The Labute approximate surface area is 120 Å². The van der Waals surface area contributed by atoms with Gasteiger partial charge in [-0.25, -0.2) is 9.67 Å². The van der Waals surface area contributed by atoms with Crippen LogP contribution in [-0.2, 0) is 13.1 Å². The lowest BCUT2D eigenvalue weighted by Crippen LogP contribution is -2.21. The van der Waals surface area contributed by atoms with Gasteiger partial charge < -0.3 is 10.1 Å². The summed E-state index contributed by atoms with van der Waals surface area (Å²) in [7, 11) is 1.70. The highest BCUT2D eigenvalue weighted by molar-refractivity contribution is 5.35. The summed E-state index contributed by atoms with van der Waals surface area (Å²) in [5.41, 5.74) is 1.15. The molecule has 1 atom stereocenters. The van der Waals surface area contributed by atoms with E-state index in [-0.39, 0.29) is 6.04 Å². The Bertz CT molecular complexity index is 538. The molecule has 0 bridgehead atoms. The SMILES string of the molecule is CCCn1ncnc1CN[C@@H](C)c1ccccc1OC. The van der Waals surface area contributed by atoms with Crippen LogP contribution in [0.2, 0.25) is 0 Å². The average molecular weight is 274 g/mol. The highest BCUT2D eigenvalue weighted by Crippen LogP contribution is 2.24. The van der Waals surface area contributed by atoms with Gasteiger partial charge in [-0.15, -0.1) is 0 Å². The number of aromatic nitrogens is 3. The second-order valence-electron chi connectivity index (χ2n) is 4.74. The largest absolute Gasteiger partial charge is 0.496 e. The molecule has 20 heavy (non-hydrogen) atoms. The Morgan fingerprint density at radius 3 is 2.90 bits per heavy atom. The van der Waals surface area contributed by atoms with Crippen LogP contribution in [0.1, 0.15) is 37.7 Å². The molecular formula is C15H22N4O. The van der Waals surface area contributed by atoms with Crippen LogP contribution in [0.15, 0.2) is 30.6 Å². The smallest absolute Gasteiger partial charge is 0.140 e. The van der Waals surface area contributed by atoms with Gasteiger partial charge in [-0.2, -0.15) is 5.10 Å². The van der Waals surface area contributed by atoms with E-state index in [4.69, 9.17) is 4.74 Å². The Morgan fingerprint density at radius 2 is 2.15 bits per heavy atom. The molecule has 1 heterocycles. The summed E-state index contributed by atoms with van der Waals surface area (Å²) in [6, 6.07) is 8.25. The average Bonchev–Trinajstić information content (AvgIpc) is 2.92. The summed E-state index contributed by atoms with van der Waals surface area (Å²) in [5.74, 6) is 1.87. The molecule has 0 unspecified atom stereocenters. The van der Waals surface area contributed by atoms with Crippen molar-refractivity contribution < 1.29 is 4.74 Å². The minimum absolute atomic E-state index is 0.193. The Hall–Kier alpha value is -1.88. The molecule has 1 aromatic carbocycles. The Balaban J connectivity index is 2.01. The van der Waals surface area contributed by atoms with E-state index in [1.165, 1.54) is 0 Å². The first-order valence-corrected chi connectivity index (χ1v) is 6.99. The lowest BCUT2D eigenvalue weighted by Gasteiger charge is -2.17. The van der Waals surface area contributed by atoms with Gasteiger partial charge in [0, 0.05) is 18.2 Å². The number of hydrogen-bond acceptors (Lipinski definition) is 4. The summed E-state index contributed by atoms with van der Waals surface area (Å²) < 4.78 is 7.34. The van der Waals surface area contributed by atoms with Crippen molar-refractivity contribution in [3.05, 3.63) is 42.0 Å². The maximum atomic E-state index is 5.39. The maximum absolute atomic E-state index is 5.39. The molecule has 0 saturated carbocycles. The quantitative estimate of drug-likeness (QED) is 0.843. The molecular weight excluding hydrogens is 252 g/mol. The van der Waals surface area contributed by atoms with Crippen molar-refractivity contribution in [3.8, 4) is 5.75 Å². The highest BCUT2D eigenvalue weighted by atomic mass is 16.5. The van der Waals surface area contributed by atoms with E-state index in [0.717, 1.165) is 30.1 Å². The van der Waals surface area contributed by atoms with Gasteiger partial charge in [0.05, 0.1) is 13.7 Å². The van der Waals surface area contributed by atoms with Crippen molar-refractivity contribution in [1.82, 2.24) is 20.1 Å². The molecule has 0 saturated heterocycles. The van der Waals surface area contributed by atoms with Crippen LogP contribution in [0.3, 0.4) is 0 Å². The van der Waals surface area contributed by atoms with Gasteiger partial charge in [-0.05, 0) is 19.4 Å². The van der Waals surface area contributed by atoms with Crippen LogP contribution >= 0.6 is 0 Å². The zero-order valence-electron chi connectivity index (χ0n) is 12.3. The third kappa shape index (κ3) is 3.36. The number of nitrogens with one attached hydrogen (secondary N) is 1. The summed E-state index contributed by atoms with van der Waals surface area (Å²) >= 11 is 0. The summed E-state index contributed by atoms with van der Waals surface area (Å²) in [6.45, 7) is 5.86. The number of rotatable bonds is 7. The van der Waals surface area contributed by atoms with Crippen LogP contribution < -0.4 is 10.1 Å². The van der Waals surface area contributed by atoms with E-state index >= 15 is 0 Å². The predicted molar refractivity (Wildman–Crippen MR) is 78.6 cm³/mol. The Kier molecular flexibility index (Phi) is 5.12. The fraction of sp³-hybridized carbons (Fsp3) is 0.467. The first kappa shape index (κ1) is 14.5. The van der Waals surface area contributed by atoms with E-state index in [9.17, 15) is 0 Å². The molecule has 5 nitrogen and oxygen atoms in total. The molecule has 0 aliphatic carbocycles. The van der Waals surface area contributed by atoms with Crippen LogP contribution in [-0.4, -0.2) is 21.9 Å². The van der Waals surface area contributed by atoms with Crippen molar-refractivity contribution in [2.75, 3.05) is 7.11 Å². The molecule has 0 spiro atoms. The third-order valence-corrected chi connectivity index (χ3v) is 3.30. The van der Waals surface area contributed by atoms with E-state index in [1.54, 1.807) is 13.4 Å². The van der Waals surface area contributed by atoms with Crippen molar-refractivity contribution in [1.29, 1.82) is 0 Å². The van der Waals surface area contributed by atoms with Crippen molar-refractivity contribution in [2.45, 2.75) is 39.4 Å². The van der Waals surface area contributed by atoms with Gasteiger partial charge in [0.1, 0.15) is 17.9 Å². The van der Waals surface area contributed by atoms with Gasteiger partial charge >= 0.3 is 0 Å². The number of hydrogen-bond donors (Lipinski definition) is 1. The summed E-state index contributed by atoms with van der Waals surface area (Å²) in [4.78, 5) is 4.30. The molecule has 108 valence electrons. The Morgan fingerprint density at radius 1 is 1.35 bits per heavy atom. The highest BCUT2D eigenvalue weighted by Gasteiger charge is 2.11. The van der Waals surface area contributed by atoms with Gasteiger partial charge in [0.25, 0.3) is 0 Å². The fourth-order valence-corrected chi connectivity index (χ4v) is 2.20. The van der Waals surface area contributed by atoms with E-state index in [2.05, 4.69) is 35.3 Å². The third-order valence-electron chi connectivity index (χ3n) is 3.30. The normalized spacial score (nSPS) is 12.3. The number of methoxy groups -OCH3 is 1. The molecule has 0 amide bonds. The minimum Gasteiger partial charge on any atom is -0.496 e. The van der Waals surface area contributed by atoms with Crippen molar-refractivity contribution in [2.24, 2.45) is 0 Å². The van der Waals surface area contributed by atoms with Crippen LogP contribution in [0.25, 0.3) is 0 Å². The molecule has 0 aliphatic rings. The van der Waals surface area contributed by atoms with Crippen LogP contribution in [0.5, 0.6) is 5.75 Å². The first-order valence-electron chi connectivity index (χ1n) is 6.99. The van der Waals surface area contributed by atoms with E-state index < -0.39 is 0 Å². The van der Waals surface area contributed by atoms with Crippen molar-refractivity contribution >= 4 is 0 Å². The maximum Gasteiger partial charge on any atom is 0.140 e. The summed E-state index contributed by atoms with van der Waals surface area (Å²) in [6.07, 6.45) is 2.67. The lowest BCUT2D eigenvalue weighted by atomic mass is 10.1. The molecule has 1 aromatic heterocycles. The van der Waals surface area contributed by atoms with Crippen molar-refractivity contribution in [3.63, 3.8) is 0 Å².